The molecule has 0 spiro atoms. The lowest BCUT2D eigenvalue weighted by Crippen LogP contribution is -2.37. The number of carbonyl (C=O) groups is 2. The second-order valence-corrected chi connectivity index (χ2v) is 7.93. The molecule has 0 fully saturated rings. The number of hydrogen-bond donors (Lipinski definition) is 1. The van der Waals surface area contributed by atoms with Crippen molar-refractivity contribution >= 4 is 33.3 Å². The summed E-state index contributed by atoms with van der Waals surface area (Å²) in [7, 11) is -3.76. The molecule has 0 heterocycles. The van der Waals surface area contributed by atoms with Crippen LogP contribution in [0, 0.1) is 0 Å². The van der Waals surface area contributed by atoms with Gasteiger partial charge in [0, 0.05) is 5.69 Å². The van der Waals surface area contributed by atoms with E-state index in [1.807, 2.05) is 0 Å². The van der Waals surface area contributed by atoms with Gasteiger partial charge in [-0.15, -0.1) is 0 Å². The quantitative estimate of drug-likeness (QED) is 0.626. The Morgan fingerprint density at radius 1 is 1.03 bits per heavy atom. The van der Waals surface area contributed by atoms with Crippen molar-refractivity contribution in [3.63, 3.8) is 0 Å². The van der Waals surface area contributed by atoms with Gasteiger partial charge in [-0.25, -0.2) is 13.2 Å². The molecule has 0 atom stereocenters. The average Bonchev–Trinajstić information content (AvgIpc) is 2.66. The molecule has 2 rings (SSSR count). The van der Waals surface area contributed by atoms with Gasteiger partial charge in [-0.2, -0.15) is 0 Å². The standard InChI is InChI=1S/C20H24N2O6S/c1-4-27-18-12-7-6-11-17(18)22(29(3,25)26)14-19(23)21-16-10-8-9-15(13-16)20(24)28-5-2/h6-13H,4-5,14H2,1-3H3,(H,21,23). The van der Waals surface area contributed by atoms with Gasteiger partial charge in [0.25, 0.3) is 0 Å². The Hall–Kier alpha value is -3.07. The molecule has 1 N–H and O–H groups in total. The van der Waals surface area contributed by atoms with Crippen LogP contribution in [0.2, 0.25) is 0 Å². The Labute approximate surface area is 170 Å². The topological polar surface area (TPSA) is 102 Å². The highest BCUT2D eigenvalue weighted by molar-refractivity contribution is 7.92. The molecule has 0 saturated carbocycles. The molecule has 0 unspecified atom stereocenters. The Morgan fingerprint density at radius 2 is 1.76 bits per heavy atom. The van der Waals surface area contributed by atoms with Crippen LogP contribution in [0.4, 0.5) is 11.4 Å². The fourth-order valence-electron chi connectivity index (χ4n) is 2.59. The Morgan fingerprint density at radius 3 is 2.41 bits per heavy atom. The predicted octanol–water partition coefficient (Wildman–Crippen LogP) is 2.67. The Kier molecular flexibility index (Phi) is 7.60. The summed E-state index contributed by atoms with van der Waals surface area (Å²) in [5, 5.41) is 2.61. The van der Waals surface area contributed by atoms with E-state index in [9.17, 15) is 18.0 Å². The third-order valence-corrected chi connectivity index (χ3v) is 4.91. The third-order valence-electron chi connectivity index (χ3n) is 3.78. The molecule has 156 valence electrons. The van der Waals surface area contributed by atoms with E-state index in [-0.39, 0.29) is 17.9 Å². The molecule has 0 bridgehead atoms. The van der Waals surface area contributed by atoms with Crippen molar-refractivity contribution in [3.8, 4) is 5.75 Å². The number of ether oxygens (including phenoxy) is 2. The van der Waals surface area contributed by atoms with Crippen molar-refractivity contribution in [1.82, 2.24) is 0 Å². The Balaban J connectivity index is 2.23. The molecule has 0 aliphatic heterocycles. The van der Waals surface area contributed by atoms with Crippen LogP contribution in [0.15, 0.2) is 48.5 Å². The smallest absolute Gasteiger partial charge is 0.338 e. The number of para-hydroxylation sites is 2. The van der Waals surface area contributed by atoms with Crippen LogP contribution >= 0.6 is 0 Å². The minimum Gasteiger partial charge on any atom is -0.492 e. The monoisotopic (exact) mass is 420 g/mol. The summed E-state index contributed by atoms with van der Waals surface area (Å²) in [5.74, 6) is -0.715. The van der Waals surface area contributed by atoms with E-state index in [1.54, 1.807) is 56.3 Å². The first-order chi connectivity index (χ1) is 13.8. The van der Waals surface area contributed by atoms with Gasteiger partial charge < -0.3 is 14.8 Å². The summed E-state index contributed by atoms with van der Waals surface area (Å²) < 4.78 is 36.0. The van der Waals surface area contributed by atoms with E-state index in [0.717, 1.165) is 10.6 Å². The number of nitrogens with zero attached hydrogens (tertiary/aromatic N) is 1. The molecule has 0 radical (unpaired) electrons. The maximum absolute atomic E-state index is 12.5. The first-order valence-corrected chi connectivity index (χ1v) is 10.9. The molecule has 0 aromatic heterocycles. The number of hydrogen-bond acceptors (Lipinski definition) is 6. The second-order valence-electron chi connectivity index (χ2n) is 6.02. The number of esters is 1. The number of nitrogens with one attached hydrogen (secondary N) is 1. The summed E-state index contributed by atoms with van der Waals surface area (Å²) in [6, 6.07) is 12.8. The van der Waals surface area contributed by atoms with E-state index in [4.69, 9.17) is 9.47 Å². The molecule has 0 aliphatic carbocycles. The van der Waals surface area contributed by atoms with Gasteiger partial charge in [0.2, 0.25) is 15.9 Å². The van der Waals surface area contributed by atoms with Crippen molar-refractivity contribution in [2.45, 2.75) is 13.8 Å². The van der Waals surface area contributed by atoms with E-state index in [0.29, 0.717) is 18.0 Å². The molecule has 2 aromatic rings. The lowest BCUT2D eigenvalue weighted by atomic mass is 10.2. The first-order valence-electron chi connectivity index (χ1n) is 9.02. The summed E-state index contributed by atoms with van der Waals surface area (Å²) in [6.07, 6.45) is 1.02. The van der Waals surface area contributed by atoms with Gasteiger partial charge >= 0.3 is 5.97 Å². The number of sulfonamides is 1. The second kappa shape index (κ2) is 9.92. The zero-order valence-corrected chi connectivity index (χ0v) is 17.4. The zero-order chi connectivity index (χ0) is 21.4. The van der Waals surface area contributed by atoms with Crippen LogP contribution in [-0.4, -0.2) is 46.3 Å². The highest BCUT2D eigenvalue weighted by atomic mass is 32.2. The minimum absolute atomic E-state index is 0.234. The number of anilines is 2. The van der Waals surface area contributed by atoms with Gasteiger partial charge in [-0.3, -0.25) is 9.10 Å². The molecule has 0 aliphatic rings. The van der Waals surface area contributed by atoms with Crippen molar-refractivity contribution in [3.05, 3.63) is 54.1 Å². The number of carbonyl (C=O) groups excluding carboxylic acids is 2. The van der Waals surface area contributed by atoms with Crippen molar-refractivity contribution in [2.75, 3.05) is 35.6 Å². The van der Waals surface area contributed by atoms with Crippen LogP contribution in [0.25, 0.3) is 0 Å². The van der Waals surface area contributed by atoms with E-state index in [2.05, 4.69) is 5.32 Å². The summed E-state index contributed by atoms with van der Waals surface area (Å²) in [5.41, 5.74) is 0.908. The molecule has 0 saturated heterocycles. The summed E-state index contributed by atoms with van der Waals surface area (Å²) in [6.45, 7) is 3.61. The van der Waals surface area contributed by atoms with Crippen LogP contribution in [0.1, 0.15) is 24.2 Å². The normalized spacial score (nSPS) is 10.9. The first kappa shape index (κ1) is 22.2. The van der Waals surface area contributed by atoms with E-state index < -0.39 is 28.4 Å². The fraction of sp³-hybridized carbons (Fsp3) is 0.300. The van der Waals surface area contributed by atoms with Gasteiger partial charge in [0.1, 0.15) is 12.3 Å². The van der Waals surface area contributed by atoms with E-state index >= 15 is 0 Å². The summed E-state index contributed by atoms with van der Waals surface area (Å²) in [4.78, 5) is 24.4. The van der Waals surface area contributed by atoms with Crippen LogP contribution < -0.4 is 14.4 Å². The Bertz CT molecular complexity index is 974. The van der Waals surface area contributed by atoms with Gasteiger partial charge in [0.05, 0.1) is 30.7 Å². The lowest BCUT2D eigenvalue weighted by Gasteiger charge is -2.24. The van der Waals surface area contributed by atoms with Crippen LogP contribution in [0.5, 0.6) is 5.75 Å². The fourth-order valence-corrected chi connectivity index (χ4v) is 3.45. The highest BCUT2D eigenvalue weighted by Crippen LogP contribution is 2.29. The highest BCUT2D eigenvalue weighted by Gasteiger charge is 2.24. The largest absolute Gasteiger partial charge is 0.492 e. The average molecular weight is 420 g/mol. The van der Waals surface area contributed by atoms with Crippen LogP contribution in [0.3, 0.4) is 0 Å². The molecular weight excluding hydrogens is 396 g/mol. The van der Waals surface area contributed by atoms with E-state index in [1.165, 1.54) is 6.07 Å². The molecule has 29 heavy (non-hydrogen) atoms. The summed E-state index contributed by atoms with van der Waals surface area (Å²) >= 11 is 0. The molecule has 9 heteroatoms. The van der Waals surface area contributed by atoms with Crippen molar-refractivity contribution in [2.24, 2.45) is 0 Å². The van der Waals surface area contributed by atoms with Crippen molar-refractivity contribution < 1.29 is 27.5 Å². The van der Waals surface area contributed by atoms with Crippen molar-refractivity contribution in [1.29, 1.82) is 0 Å². The SMILES string of the molecule is CCOC(=O)c1cccc(NC(=O)CN(c2ccccc2OCC)S(C)(=O)=O)c1. The molecule has 8 nitrogen and oxygen atoms in total. The van der Waals surface area contributed by atoms with Gasteiger partial charge in [0.15, 0.2) is 0 Å². The maximum Gasteiger partial charge on any atom is 0.338 e. The molecule has 1 amide bonds. The number of amides is 1. The van der Waals surface area contributed by atoms with Gasteiger partial charge in [-0.1, -0.05) is 18.2 Å². The zero-order valence-electron chi connectivity index (χ0n) is 16.5. The number of benzene rings is 2. The number of rotatable bonds is 9. The third kappa shape index (κ3) is 6.21. The molecule has 2 aromatic carbocycles. The van der Waals surface area contributed by atoms with Crippen LogP contribution in [-0.2, 0) is 19.6 Å². The molecular formula is C20H24N2O6S. The minimum atomic E-state index is -3.76. The lowest BCUT2D eigenvalue weighted by molar-refractivity contribution is -0.114. The maximum atomic E-state index is 12.5. The predicted molar refractivity (Wildman–Crippen MR) is 111 cm³/mol. The van der Waals surface area contributed by atoms with Gasteiger partial charge in [-0.05, 0) is 44.2 Å².